The summed E-state index contributed by atoms with van der Waals surface area (Å²) in [5, 5.41) is 9.14. The Morgan fingerprint density at radius 3 is 2.50 bits per heavy atom. The molecular weight excluding hydrogens is 305 g/mol. The van der Waals surface area contributed by atoms with Crippen molar-refractivity contribution < 1.29 is 14.3 Å². The molecule has 0 bridgehead atoms. The Morgan fingerprint density at radius 2 is 1.83 bits per heavy atom. The van der Waals surface area contributed by atoms with Gasteiger partial charge in [0.25, 0.3) is 5.91 Å². The third-order valence-electron chi connectivity index (χ3n) is 5.46. The molecule has 1 aliphatic heterocycles. The quantitative estimate of drug-likeness (QED) is 0.912. The molecule has 2 aromatic carbocycles. The van der Waals surface area contributed by atoms with Gasteiger partial charge >= 0.3 is 0 Å². The summed E-state index contributed by atoms with van der Waals surface area (Å²) in [4.78, 5) is 14.7. The van der Waals surface area contributed by atoms with Gasteiger partial charge in [-0.3, -0.25) is 4.79 Å². The molecule has 1 aliphatic carbocycles. The molecule has 1 N–H and O–H groups in total. The first-order valence-electron chi connectivity index (χ1n) is 8.45. The van der Waals surface area contributed by atoms with Crippen LogP contribution in [0.15, 0.2) is 42.5 Å². The van der Waals surface area contributed by atoms with Crippen molar-refractivity contribution in [3.63, 3.8) is 0 Å². The van der Waals surface area contributed by atoms with Crippen LogP contribution in [0.1, 0.15) is 47.2 Å². The third kappa shape index (κ3) is 2.25. The minimum atomic E-state index is -0.221. The SMILES string of the molecule is O=C(c1ccc(CO)cc1)N1CC2(CCCC2)c2c(F)cccc21. The number of rotatable bonds is 2. The molecule has 124 valence electrons. The number of hydrogen-bond acceptors (Lipinski definition) is 2. The fourth-order valence-electron chi connectivity index (χ4n) is 4.28. The maximum atomic E-state index is 14.6. The molecule has 4 rings (SSSR count). The molecule has 4 heteroatoms. The normalized spacial score (nSPS) is 18.2. The summed E-state index contributed by atoms with van der Waals surface area (Å²) < 4.78 is 14.6. The molecule has 24 heavy (non-hydrogen) atoms. The number of hydrogen-bond donors (Lipinski definition) is 1. The zero-order valence-electron chi connectivity index (χ0n) is 13.5. The monoisotopic (exact) mass is 325 g/mol. The maximum absolute atomic E-state index is 14.6. The first-order valence-corrected chi connectivity index (χ1v) is 8.45. The van der Waals surface area contributed by atoms with Crippen molar-refractivity contribution in [1.29, 1.82) is 0 Å². The predicted octanol–water partition coefficient (Wildman–Crippen LogP) is 3.79. The minimum Gasteiger partial charge on any atom is -0.392 e. The standard InChI is InChI=1S/C20H20FNO2/c21-16-4-3-5-17-18(16)20(10-1-2-11-20)13-22(17)19(24)15-8-6-14(12-23)7-9-15/h3-9,23H,1-2,10-13H2. The molecule has 3 nitrogen and oxygen atoms in total. The molecular formula is C20H20FNO2. The lowest BCUT2D eigenvalue weighted by molar-refractivity contribution is 0.0985. The summed E-state index contributed by atoms with van der Waals surface area (Å²) in [5.41, 5.74) is 2.56. The summed E-state index contributed by atoms with van der Waals surface area (Å²) in [6.07, 6.45) is 4.05. The van der Waals surface area contributed by atoms with Crippen molar-refractivity contribution in [2.45, 2.75) is 37.7 Å². The van der Waals surface area contributed by atoms with Crippen LogP contribution in [0.3, 0.4) is 0 Å². The number of nitrogens with zero attached hydrogens (tertiary/aromatic N) is 1. The molecule has 0 radical (unpaired) electrons. The second kappa shape index (κ2) is 5.71. The van der Waals surface area contributed by atoms with Crippen LogP contribution in [0, 0.1) is 5.82 Å². The number of halogens is 1. The van der Waals surface area contributed by atoms with E-state index in [1.807, 2.05) is 6.07 Å². The summed E-state index contributed by atoms with van der Waals surface area (Å²) in [6, 6.07) is 12.0. The number of fused-ring (bicyclic) bond motifs is 2. The van der Waals surface area contributed by atoms with Crippen molar-refractivity contribution in [3.8, 4) is 0 Å². The van der Waals surface area contributed by atoms with Gasteiger partial charge in [-0.1, -0.05) is 31.0 Å². The van der Waals surface area contributed by atoms with Crippen LogP contribution in [0.25, 0.3) is 0 Å². The van der Waals surface area contributed by atoms with Crippen molar-refractivity contribution in [2.75, 3.05) is 11.4 Å². The van der Waals surface area contributed by atoms with Gasteiger partial charge in [-0.2, -0.15) is 0 Å². The number of amides is 1. The zero-order valence-corrected chi connectivity index (χ0v) is 13.5. The van der Waals surface area contributed by atoms with E-state index in [9.17, 15) is 9.18 Å². The largest absolute Gasteiger partial charge is 0.392 e. The van der Waals surface area contributed by atoms with E-state index in [1.54, 1.807) is 35.2 Å². The molecule has 0 atom stereocenters. The highest BCUT2D eigenvalue weighted by molar-refractivity contribution is 6.07. The average Bonchev–Trinajstić information content (AvgIpc) is 3.21. The van der Waals surface area contributed by atoms with E-state index in [-0.39, 0.29) is 23.7 Å². The van der Waals surface area contributed by atoms with Crippen molar-refractivity contribution in [1.82, 2.24) is 0 Å². The molecule has 2 aliphatic rings. The predicted molar refractivity (Wildman–Crippen MR) is 90.6 cm³/mol. The van der Waals surface area contributed by atoms with E-state index in [4.69, 9.17) is 5.11 Å². The second-order valence-electron chi connectivity index (χ2n) is 6.87. The Balaban J connectivity index is 1.74. The van der Waals surface area contributed by atoms with Gasteiger partial charge in [-0.15, -0.1) is 0 Å². The molecule has 1 spiro atoms. The Morgan fingerprint density at radius 1 is 1.12 bits per heavy atom. The number of carbonyl (C=O) groups is 1. The number of benzene rings is 2. The first-order chi connectivity index (χ1) is 11.6. The van der Waals surface area contributed by atoms with Crippen molar-refractivity contribution in [2.24, 2.45) is 0 Å². The number of carbonyl (C=O) groups excluding carboxylic acids is 1. The zero-order chi connectivity index (χ0) is 16.7. The van der Waals surface area contributed by atoms with Crippen LogP contribution in [0.4, 0.5) is 10.1 Å². The van der Waals surface area contributed by atoms with Gasteiger partial charge < -0.3 is 10.0 Å². The van der Waals surface area contributed by atoms with Crippen LogP contribution < -0.4 is 4.90 Å². The number of anilines is 1. The van der Waals surface area contributed by atoms with E-state index in [0.717, 1.165) is 36.8 Å². The van der Waals surface area contributed by atoms with Crippen LogP contribution in [-0.2, 0) is 12.0 Å². The number of aliphatic hydroxyl groups is 1. The summed E-state index contributed by atoms with van der Waals surface area (Å²) in [7, 11) is 0. The minimum absolute atomic E-state index is 0.0463. The fraction of sp³-hybridized carbons (Fsp3) is 0.350. The van der Waals surface area contributed by atoms with Gasteiger partial charge in [0.2, 0.25) is 0 Å². The average molecular weight is 325 g/mol. The Bertz CT molecular complexity index is 779. The molecule has 0 aromatic heterocycles. The topological polar surface area (TPSA) is 40.5 Å². The number of aliphatic hydroxyl groups excluding tert-OH is 1. The Labute approximate surface area is 140 Å². The van der Waals surface area contributed by atoms with Gasteiger partial charge in [0.15, 0.2) is 0 Å². The first kappa shape index (κ1) is 15.3. The fourth-order valence-corrected chi connectivity index (χ4v) is 4.28. The summed E-state index contributed by atoms with van der Waals surface area (Å²) in [6.45, 7) is 0.513. The van der Waals surface area contributed by atoms with E-state index >= 15 is 0 Å². The van der Waals surface area contributed by atoms with Gasteiger partial charge in [0.1, 0.15) is 5.82 Å². The van der Waals surface area contributed by atoms with Gasteiger partial charge in [0, 0.05) is 23.1 Å². The highest BCUT2D eigenvalue weighted by Crippen LogP contribution is 2.51. The lowest BCUT2D eigenvalue weighted by Gasteiger charge is -2.25. The highest BCUT2D eigenvalue weighted by Gasteiger charge is 2.48. The molecule has 1 saturated carbocycles. The van der Waals surface area contributed by atoms with E-state index in [0.29, 0.717) is 17.8 Å². The van der Waals surface area contributed by atoms with Crippen LogP contribution in [0.2, 0.25) is 0 Å². The second-order valence-corrected chi connectivity index (χ2v) is 6.87. The Kier molecular flexibility index (Phi) is 3.65. The van der Waals surface area contributed by atoms with Crippen molar-refractivity contribution in [3.05, 3.63) is 65.0 Å². The molecule has 2 aromatic rings. The third-order valence-corrected chi connectivity index (χ3v) is 5.46. The highest BCUT2D eigenvalue weighted by atomic mass is 19.1. The summed E-state index contributed by atoms with van der Waals surface area (Å²) in [5.74, 6) is -0.296. The molecule has 1 heterocycles. The molecule has 0 unspecified atom stereocenters. The van der Waals surface area contributed by atoms with Gasteiger partial charge in [-0.25, -0.2) is 4.39 Å². The molecule has 0 saturated heterocycles. The molecule has 1 fully saturated rings. The lowest BCUT2D eigenvalue weighted by Crippen LogP contribution is -2.35. The van der Waals surface area contributed by atoms with Crippen LogP contribution >= 0.6 is 0 Å². The van der Waals surface area contributed by atoms with Gasteiger partial charge in [-0.05, 0) is 42.7 Å². The lowest BCUT2D eigenvalue weighted by atomic mass is 9.80. The maximum Gasteiger partial charge on any atom is 0.258 e. The van der Waals surface area contributed by atoms with E-state index < -0.39 is 0 Å². The smallest absolute Gasteiger partial charge is 0.258 e. The van der Waals surface area contributed by atoms with Gasteiger partial charge in [0.05, 0.1) is 12.3 Å². The van der Waals surface area contributed by atoms with E-state index in [1.165, 1.54) is 6.07 Å². The summed E-state index contributed by atoms with van der Waals surface area (Å²) >= 11 is 0. The van der Waals surface area contributed by atoms with Crippen molar-refractivity contribution >= 4 is 11.6 Å². The van der Waals surface area contributed by atoms with Crippen LogP contribution in [-0.4, -0.2) is 17.6 Å². The molecule has 1 amide bonds. The van der Waals surface area contributed by atoms with Crippen LogP contribution in [0.5, 0.6) is 0 Å². The van der Waals surface area contributed by atoms with E-state index in [2.05, 4.69) is 0 Å². The Hall–Kier alpha value is -2.20.